The van der Waals surface area contributed by atoms with Crippen LogP contribution in [0.25, 0.3) is 0 Å². The van der Waals surface area contributed by atoms with Crippen molar-refractivity contribution in [1.29, 1.82) is 0 Å². The van der Waals surface area contributed by atoms with Crippen molar-refractivity contribution in [3.63, 3.8) is 0 Å². The molecular weight excluding hydrogens is 228 g/mol. The highest BCUT2D eigenvalue weighted by molar-refractivity contribution is 7.98. The van der Waals surface area contributed by atoms with Crippen LogP contribution in [0.3, 0.4) is 0 Å². The van der Waals surface area contributed by atoms with Crippen molar-refractivity contribution in [2.24, 2.45) is 0 Å². The van der Waals surface area contributed by atoms with Crippen LogP contribution in [0.1, 0.15) is 16.1 Å². The number of carbonyl (C=O) groups is 1. The van der Waals surface area contributed by atoms with Crippen molar-refractivity contribution in [2.75, 3.05) is 0 Å². The van der Waals surface area contributed by atoms with Crippen LogP contribution in [0.2, 0.25) is 0 Å². The number of thioether (sulfide) groups is 1. The lowest BCUT2D eigenvalue weighted by Gasteiger charge is -1.99. The molecule has 7 heteroatoms. The van der Waals surface area contributed by atoms with Crippen molar-refractivity contribution in [3.05, 3.63) is 35.9 Å². The second-order valence-electron chi connectivity index (χ2n) is 2.93. The summed E-state index contributed by atoms with van der Waals surface area (Å²) in [6, 6.07) is 3.32. The van der Waals surface area contributed by atoms with Crippen molar-refractivity contribution >= 4 is 17.7 Å². The number of carboxylic acids is 1. The van der Waals surface area contributed by atoms with Gasteiger partial charge in [-0.25, -0.2) is 14.8 Å². The minimum absolute atomic E-state index is 0.0515. The van der Waals surface area contributed by atoms with Gasteiger partial charge in [0.1, 0.15) is 12.0 Å². The Kier molecular flexibility index (Phi) is 3.16. The molecule has 0 fully saturated rings. The van der Waals surface area contributed by atoms with Crippen LogP contribution in [0, 0.1) is 0 Å². The van der Waals surface area contributed by atoms with Crippen LogP contribution in [0.5, 0.6) is 0 Å². The Hall–Kier alpha value is -1.89. The molecule has 0 aliphatic heterocycles. The van der Waals surface area contributed by atoms with Crippen LogP contribution in [0.4, 0.5) is 0 Å². The van der Waals surface area contributed by atoms with Gasteiger partial charge in [-0.05, 0) is 17.7 Å². The number of aromatic carboxylic acids is 1. The molecule has 2 heterocycles. The molecule has 2 rings (SSSR count). The molecule has 2 aromatic rings. The largest absolute Gasteiger partial charge is 0.477 e. The summed E-state index contributed by atoms with van der Waals surface area (Å²) in [5, 5.41) is 15.9. The van der Waals surface area contributed by atoms with Crippen LogP contribution >= 0.6 is 11.8 Å². The SMILES string of the molecule is O=C(O)c1cc(CSc2ncn[nH]2)ccn1. The second-order valence-corrected chi connectivity index (χ2v) is 3.90. The normalized spacial score (nSPS) is 10.2. The molecule has 0 saturated heterocycles. The third-order valence-corrected chi connectivity index (χ3v) is 2.76. The molecule has 16 heavy (non-hydrogen) atoms. The van der Waals surface area contributed by atoms with E-state index < -0.39 is 5.97 Å². The summed E-state index contributed by atoms with van der Waals surface area (Å²) in [6.45, 7) is 0. The van der Waals surface area contributed by atoms with Gasteiger partial charge in [-0.2, -0.15) is 5.10 Å². The number of rotatable bonds is 4. The van der Waals surface area contributed by atoms with E-state index in [1.807, 2.05) is 0 Å². The van der Waals surface area contributed by atoms with Crippen LogP contribution in [-0.2, 0) is 5.75 Å². The molecule has 0 radical (unpaired) electrons. The van der Waals surface area contributed by atoms with Crippen molar-refractivity contribution in [2.45, 2.75) is 10.9 Å². The lowest BCUT2D eigenvalue weighted by Crippen LogP contribution is -2.00. The van der Waals surface area contributed by atoms with E-state index in [0.717, 1.165) is 5.56 Å². The number of nitrogens with zero attached hydrogens (tertiary/aromatic N) is 3. The number of hydrogen-bond acceptors (Lipinski definition) is 5. The van der Waals surface area contributed by atoms with Gasteiger partial charge in [0.05, 0.1) is 0 Å². The standard InChI is InChI=1S/C9H8N4O2S/c14-8(15)7-3-6(1-2-10-7)4-16-9-11-5-12-13-9/h1-3,5H,4H2,(H,14,15)(H,11,12,13). The van der Waals surface area contributed by atoms with E-state index in [0.29, 0.717) is 10.9 Å². The maximum atomic E-state index is 10.7. The molecule has 0 amide bonds. The van der Waals surface area contributed by atoms with Gasteiger partial charge in [0, 0.05) is 11.9 Å². The molecule has 0 saturated carbocycles. The van der Waals surface area contributed by atoms with Crippen molar-refractivity contribution < 1.29 is 9.90 Å². The highest BCUT2D eigenvalue weighted by Gasteiger charge is 2.05. The second kappa shape index (κ2) is 4.75. The van der Waals surface area contributed by atoms with E-state index >= 15 is 0 Å². The molecule has 0 bridgehead atoms. The van der Waals surface area contributed by atoms with Gasteiger partial charge in [-0.3, -0.25) is 5.10 Å². The first kappa shape index (κ1) is 10.6. The van der Waals surface area contributed by atoms with E-state index in [9.17, 15) is 4.79 Å². The first-order chi connectivity index (χ1) is 7.75. The van der Waals surface area contributed by atoms with Gasteiger partial charge < -0.3 is 5.11 Å². The smallest absolute Gasteiger partial charge is 0.354 e. The fourth-order valence-electron chi connectivity index (χ4n) is 1.10. The summed E-state index contributed by atoms with van der Waals surface area (Å²) in [7, 11) is 0. The van der Waals surface area contributed by atoms with Crippen molar-refractivity contribution in [1.82, 2.24) is 20.2 Å². The molecule has 2 aromatic heterocycles. The lowest BCUT2D eigenvalue weighted by atomic mass is 10.2. The Morgan fingerprint density at radius 3 is 3.06 bits per heavy atom. The molecule has 0 aromatic carbocycles. The number of aromatic nitrogens is 4. The predicted octanol–water partition coefficient (Wildman–Crippen LogP) is 1.19. The third-order valence-electron chi connectivity index (χ3n) is 1.81. The minimum Gasteiger partial charge on any atom is -0.477 e. The Labute approximate surface area is 95.1 Å². The summed E-state index contributed by atoms with van der Waals surface area (Å²) in [4.78, 5) is 18.4. The zero-order valence-electron chi connectivity index (χ0n) is 8.12. The quantitative estimate of drug-likeness (QED) is 0.775. The Bertz CT molecular complexity index is 486. The summed E-state index contributed by atoms with van der Waals surface area (Å²) in [6.07, 6.45) is 2.91. The number of aromatic amines is 1. The van der Waals surface area contributed by atoms with Crippen LogP contribution < -0.4 is 0 Å². The van der Waals surface area contributed by atoms with Gasteiger partial charge in [-0.1, -0.05) is 11.8 Å². The summed E-state index contributed by atoms with van der Waals surface area (Å²) in [5.74, 6) is -0.399. The molecule has 0 aliphatic rings. The number of nitrogens with one attached hydrogen (secondary N) is 1. The van der Waals surface area contributed by atoms with E-state index in [1.54, 1.807) is 12.1 Å². The molecule has 0 aliphatic carbocycles. The van der Waals surface area contributed by atoms with Crippen LogP contribution in [0.15, 0.2) is 29.8 Å². The lowest BCUT2D eigenvalue weighted by molar-refractivity contribution is 0.0690. The first-order valence-electron chi connectivity index (χ1n) is 4.42. The van der Waals surface area contributed by atoms with Gasteiger partial charge >= 0.3 is 5.97 Å². The third kappa shape index (κ3) is 2.57. The fraction of sp³-hybridized carbons (Fsp3) is 0.111. The maximum Gasteiger partial charge on any atom is 0.354 e. The summed E-state index contributed by atoms with van der Waals surface area (Å²) >= 11 is 1.45. The molecule has 82 valence electrons. The van der Waals surface area contributed by atoms with E-state index in [1.165, 1.54) is 24.3 Å². The zero-order valence-corrected chi connectivity index (χ0v) is 8.94. The van der Waals surface area contributed by atoms with Gasteiger partial charge in [-0.15, -0.1) is 0 Å². The topological polar surface area (TPSA) is 91.8 Å². The van der Waals surface area contributed by atoms with Crippen molar-refractivity contribution in [3.8, 4) is 0 Å². The zero-order chi connectivity index (χ0) is 11.4. The fourth-order valence-corrected chi connectivity index (χ4v) is 1.82. The number of H-pyrrole nitrogens is 1. The Balaban J connectivity index is 2.04. The monoisotopic (exact) mass is 236 g/mol. The van der Waals surface area contributed by atoms with Gasteiger partial charge in [0.2, 0.25) is 0 Å². The van der Waals surface area contributed by atoms with Crippen LogP contribution in [-0.4, -0.2) is 31.2 Å². The van der Waals surface area contributed by atoms with E-state index in [4.69, 9.17) is 5.11 Å². The summed E-state index contributed by atoms with van der Waals surface area (Å²) in [5.41, 5.74) is 0.935. The van der Waals surface area contributed by atoms with Gasteiger partial charge in [0.25, 0.3) is 0 Å². The molecule has 0 atom stereocenters. The highest BCUT2D eigenvalue weighted by Crippen LogP contribution is 2.18. The highest BCUT2D eigenvalue weighted by atomic mass is 32.2. The minimum atomic E-state index is -1.02. The maximum absolute atomic E-state index is 10.7. The first-order valence-corrected chi connectivity index (χ1v) is 5.40. The molecule has 0 unspecified atom stereocenters. The van der Waals surface area contributed by atoms with E-state index in [2.05, 4.69) is 20.2 Å². The average Bonchev–Trinajstić information content (AvgIpc) is 2.79. The Morgan fingerprint density at radius 2 is 2.38 bits per heavy atom. The molecule has 6 nitrogen and oxygen atoms in total. The molecule has 2 N–H and O–H groups in total. The summed E-state index contributed by atoms with van der Waals surface area (Å²) < 4.78 is 0. The average molecular weight is 236 g/mol. The molecule has 0 spiro atoms. The number of hydrogen-bond donors (Lipinski definition) is 2. The van der Waals surface area contributed by atoms with Gasteiger partial charge in [0.15, 0.2) is 5.16 Å². The van der Waals surface area contributed by atoms with E-state index in [-0.39, 0.29) is 5.69 Å². The Morgan fingerprint density at radius 1 is 1.50 bits per heavy atom. The number of pyridine rings is 1. The molecular formula is C9H8N4O2S. The predicted molar refractivity (Wildman–Crippen MR) is 57.1 cm³/mol. The number of carboxylic acid groups (broad SMARTS) is 1.